The molecular weight excluding hydrogens is 400 g/mol. The summed E-state index contributed by atoms with van der Waals surface area (Å²) in [5.74, 6) is -0.486. The molecule has 2 N–H and O–H groups in total. The third-order valence-electron chi connectivity index (χ3n) is 6.21. The van der Waals surface area contributed by atoms with Crippen molar-refractivity contribution < 1.29 is 10.0 Å². The van der Waals surface area contributed by atoms with E-state index in [1.165, 1.54) is 16.7 Å². The quantitative estimate of drug-likeness (QED) is 0.458. The predicted octanol–water partition coefficient (Wildman–Crippen LogP) is 3.96. The van der Waals surface area contributed by atoms with E-state index in [4.69, 9.17) is 5.21 Å². The van der Waals surface area contributed by atoms with Gasteiger partial charge in [-0.3, -0.25) is 24.8 Å². The van der Waals surface area contributed by atoms with Crippen LogP contribution in [0.15, 0.2) is 73.1 Å². The van der Waals surface area contributed by atoms with E-state index in [1.54, 1.807) is 17.6 Å². The molecule has 0 saturated carbocycles. The molecule has 2 atom stereocenters. The van der Waals surface area contributed by atoms with Crippen molar-refractivity contribution in [3.05, 3.63) is 89.7 Å². The lowest BCUT2D eigenvalue weighted by atomic mass is 10.0. The molecule has 6 heteroatoms. The summed E-state index contributed by atoms with van der Waals surface area (Å²) >= 11 is 0. The minimum absolute atomic E-state index is 0.433. The van der Waals surface area contributed by atoms with E-state index in [-0.39, 0.29) is 0 Å². The van der Waals surface area contributed by atoms with Crippen molar-refractivity contribution in [1.82, 2.24) is 20.3 Å². The second-order valence-electron chi connectivity index (χ2n) is 8.64. The van der Waals surface area contributed by atoms with Gasteiger partial charge in [-0.15, -0.1) is 0 Å². The van der Waals surface area contributed by atoms with E-state index in [0.717, 1.165) is 31.7 Å². The van der Waals surface area contributed by atoms with Crippen molar-refractivity contribution in [1.29, 1.82) is 0 Å². The van der Waals surface area contributed by atoms with Crippen molar-refractivity contribution in [2.24, 2.45) is 0 Å². The molecule has 6 nitrogen and oxygen atoms in total. The summed E-state index contributed by atoms with van der Waals surface area (Å²) in [4.78, 5) is 20.7. The molecule has 0 aliphatic carbocycles. The molecule has 1 aromatic heterocycles. The van der Waals surface area contributed by atoms with Crippen molar-refractivity contribution in [3.63, 3.8) is 0 Å². The van der Waals surface area contributed by atoms with E-state index in [0.29, 0.717) is 17.6 Å². The smallest absolute Gasteiger partial charge is 0.274 e. The SMILES string of the molecule is C[C@@H]1CN(Cc2ccc(C(=O)NO)cc2)C[C@H](C)N1Cc1cccc(-c2ccncc2)c1. The van der Waals surface area contributed by atoms with Gasteiger partial charge in [-0.1, -0.05) is 30.3 Å². The Kier molecular flexibility index (Phi) is 6.95. The van der Waals surface area contributed by atoms with Crippen molar-refractivity contribution >= 4 is 5.91 Å². The van der Waals surface area contributed by atoms with Gasteiger partial charge in [0.15, 0.2) is 0 Å². The molecule has 2 aromatic carbocycles. The molecule has 0 spiro atoms. The number of aromatic nitrogens is 1. The van der Waals surface area contributed by atoms with Crippen molar-refractivity contribution in [3.8, 4) is 11.1 Å². The topological polar surface area (TPSA) is 68.7 Å². The van der Waals surface area contributed by atoms with Crippen LogP contribution in [0.3, 0.4) is 0 Å². The number of carbonyl (C=O) groups excluding carboxylic acids is 1. The summed E-state index contributed by atoms with van der Waals surface area (Å²) < 4.78 is 0. The van der Waals surface area contributed by atoms with Gasteiger partial charge in [0.05, 0.1) is 0 Å². The third kappa shape index (κ3) is 5.22. The molecule has 0 radical (unpaired) electrons. The van der Waals surface area contributed by atoms with Gasteiger partial charge >= 0.3 is 0 Å². The molecule has 1 amide bonds. The lowest BCUT2D eigenvalue weighted by molar-refractivity contribution is 0.0290. The Morgan fingerprint density at radius 1 is 0.938 bits per heavy atom. The fourth-order valence-electron chi connectivity index (χ4n) is 4.60. The molecule has 1 saturated heterocycles. The molecule has 166 valence electrons. The summed E-state index contributed by atoms with van der Waals surface area (Å²) in [5.41, 5.74) is 7.03. The number of benzene rings is 2. The lowest BCUT2D eigenvalue weighted by Gasteiger charge is -2.44. The minimum atomic E-state index is -0.486. The maximum atomic E-state index is 11.5. The Balaban J connectivity index is 1.39. The van der Waals surface area contributed by atoms with Gasteiger partial charge in [-0.2, -0.15) is 0 Å². The van der Waals surface area contributed by atoms with Gasteiger partial charge in [-0.05, 0) is 66.4 Å². The number of amides is 1. The molecule has 3 aromatic rings. The van der Waals surface area contributed by atoms with E-state index in [2.05, 4.69) is 52.9 Å². The van der Waals surface area contributed by atoms with Crippen LogP contribution in [0.2, 0.25) is 0 Å². The number of carbonyl (C=O) groups is 1. The zero-order valence-electron chi connectivity index (χ0n) is 18.6. The van der Waals surface area contributed by atoms with Crippen LogP contribution < -0.4 is 5.48 Å². The molecular formula is C26H30N4O2. The highest BCUT2D eigenvalue weighted by Gasteiger charge is 2.29. The highest BCUT2D eigenvalue weighted by Crippen LogP contribution is 2.24. The van der Waals surface area contributed by atoms with E-state index >= 15 is 0 Å². The first-order valence-corrected chi connectivity index (χ1v) is 11.0. The molecule has 2 heterocycles. The number of hydrogen-bond donors (Lipinski definition) is 2. The monoisotopic (exact) mass is 430 g/mol. The zero-order valence-corrected chi connectivity index (χ0v) is 18.6. The van der Waals surface area contributed by atoms with Gasteiger partial charge in [0, 0.05) is 56.2 Å². The first kappa shape index (κ1) is 22.1. The number of hydrogen-bond acceptors (Lipinski definition) is 5. The number of piperazine rings is 1. The normalized spacial score (nSPS) is 19.6. The summed E-state index contributed by atoms with van der Waals surface area (Å²) in [6, 6.07) is 21.2. The van der Waals surface area contributed by atoms with Gasteiger partial charge in [-0.25, -0.2) is 5.48 Å². The molecule has 0 unspecified atom stereocenters. The summed E-state index contributed by atoms with van der Waals surface area (Å²) in [7, 11) is 0. The second-order valence-corrected chi connectivity index (χ2v) is 8.64. The first-order chi connectivity index (χ1) is 15.5. The zero-order chi connectivity index (χ0) is 22.5. The fraction of sp³-hybridized carbons (Fsp3) is 0.308. The maximum Gasteiger partial charge on any atom is 0.274 e. The molecule has 1 fully saturated rings. The average Bonchev–Trinajstić information content (AvgIpc) is 2.82. The van der Waals surface area contributed by atoms with Crippen LogP contribution in [0, 0.1) is 0 Å². The summed E-state index contributed by atoms with van der Waals surface area (Å²) in [6.45, 7) is 8.36. The highest BCUT2D eigenvalue weighted by atomic mass is 16.5. The Morgan fingerprint density at radius 2 is 1.62 bits per heavy atom. The maximum absolute atomic E-state index is 11.5. The van der Waals surface area contributed by atoms with Crippen LogP contribution in [0.5, 0.6) is 0 Å². The van der Waals surface area contributed by atoms with Gasteiger partial charge in [0.25, 0.3) is 5.91 Å². The number of pyridine rings is 1. The van der Waals surface area contributed by atoms with Crippen LogP contribution in [0.1, 0.15) is 35.3 Å². The molecule has 1 aliphatic rings. The number of nitrogens with one attached hydrogen (secondary N) is 1. The minimum Gasteiger partial charge on any atom is -0.296 e. The lowest BCUT2D eigenvalue weighted by Crippen LogP contribution is -2.55. The predicted molar refractivity (Wildman–Crippen MR) is 125 cm³/mol. The second kappa shape index (κ2) is 10.0. The van der Waals surface area contributed by atoms with Crippen LogP contribution in [0.4, 0.5) is 0 Å². The highest BCUT2D eigenvalue weighted by molar-refractivity contribution is 5.93. The van der Waals surface area contributed by atoms with Crippen LogP contribution in [-0.4, -0.2) is 51.1 Å². The molecule has 0 bridgehead atoms. The van der Waals surface area contributed by atoms with Gasteiger partial charge in [0.2, 0.25) is 0 Å². The molecule has 32 heavy (non-hydrogen) atoms. The Morgan fingerprint density at radius 3 is 2.28 bits per heavy atom. The van der Waals surface area contributed by atoms with E-state index in [9.17, 15) is 4.79 Å². The van der Waals surface area contributed by atoms with Crippen LogP contribution >= 0.6 is 0 Å². The summed E-state index contributed by atoms with van der Waals surface area (Å²) in [5, 5.41) is 8.77. The van der Waals surface area contributed by atoms with Crippen LogP contribution in [-0.2, 0) is 13.1 Å². The first-order valence-electron chi connectivity index (χ1n) is 11.0. The van der Waals surface area contributed by atoms with Crippen molar-refractivity contribution in [2.75, 3.05) is 13.1 Å². The number of rotatable bonds is 6. The molecule has 1 aliphatic heterocycles. The van der Waals surface area contributed by atoms with Gasteiger partial charge < -0.3 is 0 Å². The fourth-order valence-corrected chi connectivity index (χ4v) is 4.60. The Hall–Kier alpha value is -3.06. The molecule has 4 rings (SSSR count). The van der Waals surface area contributed by atoms with Crippen LogP contribution in [0.25, 0.3) is 11.1 Å². The average molecular weight is 431 g/mol. The van der Waals surface area contributed by atoms with Gasteiger partial charge in [0.1, 0.15) is 0 Å². The third-order valence-corrected chi connectivity index (χ3v) is 6.21. The number of hydroxylamine groups is 1. The van der Waals surface area contributed by atoms with Crippen molar-refractivity contribution in [2.45, 2.75) is 39.0 Å². The summed E-state index contributed by atoms with van der Waals surface area (Å²) in [6.07, 6.45) is 3.67. The number of nitrogens with zero attached hydrogens (tertiary/aromatic N) is 3. The Bertz CT molecular complexity index is 1030. The Labute approximate surface area is 189 Å². The van der Waals surface area contributed by atoms with E-state index < -0.39 is 5.91 Å². The largest absolute Gasteiger partial charge is 0.296 e. The van der Waals surface area contributed by atoms with E-state index in [1.807, 2.05) is 36.7 Å². The standard InChI is InChI=1S/C26H30N4O2/c1-19-15-29(17-21-6-8-24(9-7-21)26(31)28-32)16-20(2)30(19)18-22-4-3-5-25(14-22)23-10-12-27-13-11-23/h3-14,19-20,32H,15-18H2,1-2H3,(H,28,31)/t19-,20+.